The Morgan fingerprint density at radius 1 is 1.73 bits per heavy atom. The van der Waals surface area contributed by atoms with Crippen LogP contribution in [0, 0.1) is 0 Å². The van der Waals surface area contributed by atoms with Gasteiger partial charge < -0.3 is 9.47 Å². The van der Waals surface area contributed by atoms with Gasteiger partial charge in [0.1, 0.15) is 0 Å². The highest BCUT2D eigenvalue weighted by Gasteiger charge is 2.37. The summed E-state index contributed by atoms with van der Waals surface area (Å²) in [5.41, 5.74) is 0.712. The molecular weight excluding hydrogens is 144 g/mol. The second-order valence-electron chi connectivity index (χ2n) is 2.85. The summed E-state index contributed by atoms with van der Waals surface area (Å²) in [6.45, 7) is 0. The van der Waals surface area contributed by atoms with Gasteiger partial charge in [0.2, 0.25) is 0 Å². The zero-order valence-corrected chi connectivity index (χ0v) is 6.37. The monoisotopic (exact) mass is 154 g/mol. The van der Waals surface area contributed by atoms with Gasteiger partial charge in [-0.1, -0.05) is 0 Å². The summed E-state index contributed by atoms with van der Waals surface area (Å²) >= 11 is 0. The highest BCUT2D eigenvalue weighted by atomic mass is 16.5. The first-order chi connectivity index (χ1) is 5.31. The van der Waals surface area contributed by atoms with Gasteiger partial charge in [-0.25, -0.2) is 4.79 Å². The maximum Gasteiger partial charge on any atom is 0.336 e. The summed E-state index contributed by atoms with van der Waals surface area (Å²) in [6, 6.07) is 0. The van der Waals surface area contributed by atoms with Crippen molar-refractivity contribution in [2.75, 3.05) is 7.11 Å². The predicted molar refractivity (Wildman–Crippen MR) is 38.0 cm³/mol. The van der Waals surface area contributed by atoms with Gasteiger partial charge in [-0.2, -0.15) is 0 Å². The van der Waals surface area contributed by atoms with E-state index in [1.165, 1.54) is 7.11 Å². The fourth-order valence-corrected chi connectivity index (χ4v) is 1.64. The van der Waals surface area contributed by atoms with Crippen molar-refractivity contribution in [2.45, 2.75) is 25.0 Å². The molecule has 2 atom stereocenters. The van der Waals surface area contributed by atoms with Crippen LogP contribution >= 0.6 is 0 Å². The highest BCUT2D eigenvalue weighted by molar-refractivity contribution is 5.90. The molecule has 11 heavy (non-hydrogen) atoms. The second-order valence-corrected chi connectivity index (χ2v) is 2.85. The number of esters is 1. The van der Waals surface area contributed by atoms with Crippen molar-refractivity contribution in [1.29, 1.82) is 0 Å². The van der Waals surface area contributed by atoms with E-state index in [2.05, 4.69) is 4.74 Å². The van der Waals surface area contributed by atoms with Crippen LogP contribution in [0.25, 0.3) is 0 Å². The first-order valence-corrected chi connectivity index (χ1v) is 3.77. The van der Waals surface area contributed by atoms with E-state index in [4.69, 9.17) is 4.74 Å². The van der Waals surface area contributed by atoms with E-state index in [1.54, 1.807) is 0 Å². The minimum atomic E-state index is -0.239. The van der Waals surface area contributed by atoms with Crippen molar-refractivity contribution < 1.29 is 14.3 Å². The van der Waals surface area contributed by atoms with E-state index in [-0.39, 0.29) is 18.2 Å². The van der Waals surface area contributed by atoms with Crippen LogP contribution < -0.4 is 0 Å². The number of methoxy groups -OCH3 is 1. The molecule has 0 saturated carbocycles. The Bertz CT molecular complexity index is 219. The maximum atomic E-state index is 11.0. The molecule has 2 heterocycles. The lowest BCUT2D eigenvalue weighted by molar-refractivity contribution is -0.137. The van der Waals surface area contributed by atoms with Crippen molar-refractivity contribution in [2.24, 2.45) is 0 Å². The average Bonchev–Trinajstić information content (AvgIpc) is 2.62. The third-order valence-corrected chi connectivity index (χ3v) is 2.19. The topological polar surface area (TPSA) is 35.5 Å². The molecule has 1 unspecified atom stereocenters. The summed E-state index contributed by atoms with van der Waals surface area (Å²) in [7, 11) is 1.40. The van der Waals surface area contributed by atoms with Crippen LogP contribution in [0.1, 0.15) is 12.8 Å². The molecule has 0 aromatic rings. The normalized spacial score (nSPS) is 33.7. The molecule has 1 fully saturated rings. The third kappa shape index (κ3) is 0.959. The zero-order chi connectivity index (χ0) is 7.84. The number of hydrogen-bond acceptors (Lipinski definition) is 3. The van der Waals surface area contributed by atoms with E-state index >= 15 is 0 Å². The SMILES string of the molecule is COC(=O)C1=CC2CC[C@H]1O2. The summed E-state index contributed by atoms with van der Waals surface area (Å²) in [5.74, 6) is -0.239. The second kappa shape index (κ2) is 2.34. The maximum absolute atomic E-state index is 11.0. The Balaban J connectivity index is 2.16. The van der Waals surface area contributed by atoms with Gasteiger partial charge in [0, 0.05) is 0 Å². The van der Waals surface area contributed by atoms with Gasteiger partial charge in [-0.15, -0.1) is 0 Å². The van der Waals surface area contributed by atoms with Crippen LogP contribution in [0.4, 0.5) is 0 Å². The molecule has 0 aromatic heterocycles. The van der Waals surface area contributed by atoms with Gasteiger partial charge in [-0.05, 0) is 18.9 Å². The molecule has 0 aromatic carbocycles. The molecule has 2 aliphatic heterocycles. The van der Waals surface area contributed by atoms with Crippen LogP contribution in [-0.4, -0.2) is 25.3 Å². The van der Waals surface area contributed by atoms with Gasteiger partial charge in [0.25, 0.3) is 0 Å². The number of hydrogen-bond donors (Lipinski definition) is 0. The minimum absolute atomic E-state index is 0.0208. The summed E-state index contributed by atoms with van der Waals surface area (Å²) in [5, 5.41) is 0. The fraction of sp³-hybridized carbons (Fsp3) is 0.625. The number of ether oxygens (including phenoxy) is 2. The van der Waals surface area contributed by atoms with Crippen molar-refractivity contribution in [1.82, 2.24) is 0 Å². The smallest absolute Gasteiger partial charge is 0.336 e. The highest BCUT2D eigenvalue weighted by Crippen LogP contribution is 2.33. The Morgan fingerprint density at radius 3 is 3.00 bits per heavy atom. The lowest BCUT2D eigenvalue weighted by atomic mass is 10.00. The molecule has 2 bridgehead atoms. The molecule has 2 rings (SSSR count). The van der Waals surface area contributed by atoms with Gasteiger partial charge >= 0.3 is 5.97 Å². The van der Waals surface area contributed by atoms with E-state index in [0.717, 1.165) is 12.8 Å². The van der Waals surface area contributed by atoms with Gasteiger partial charge in [-0.3, -0.25) is 0 Å². The van der Waals surface area contributed by atoms with E-state index < -0.39 is 0 Å². The van der Waals surface area contributed by atoms with E-state index in [1.807, 2.05) is 6.08 Å². The van der Waals surface area contributed by atoms with E-state index in [9.17, 15) is 4.79 Å². The first-order valence-electron chi connectivity index (χ1n) is 3.77. The third-order valence-electron chi connectivity index (χ3n) is 2.19. The van der Waals surface area contributed by atoms with Crippen molar-refractivity contribution in [3.63, 3.8) is 0 Å². The largest absolute Gasteiger partial charge is 0.466 e. The molecule has 3 heteroatoms. The first kappa shape index (κ1) is 6.85. The molecule has 1 saturated heterocycles. The minimum Gasteiger partial charge on any atom is -0.466 e. The molecule has 3 nitrogen and oxygen atoms in total. The molecule has 0 N–H and O–H groups in total. The van der Waals surface area contributed by atoms with Crippen molar-refractivity contribution in [3.8, 4) is 0 Å². The quantitative estimate of drug-likeness (QED) is 0.520. The molecule has 60 valence electrons. The number of fused-ring (bicyclic) bond motifs is 2. The number of carbonyl (C=O) groups is 1. The Labute approximate surface area is 65.0 Å². The summed E-state index contributed by atoms with van der Waals surface area (Å²) in [6.07, 6.45) is 4.08. The van der Waals surface area contributed by atoms with Gasteiger partial charge in [0.15, 0.2) is 0 Å². The van der Waals surface area contributed by atoms with Crippen LogP contribution in [0.5, 0.6) is 0 Å². The Morgan fingerprint density at radius 2 is 2.55 bits per heavy atom. The standard InChI is InChI=1S/C8H10O3/c1-10-8(9)6-4-5-2-3-7(6)11-5/h4-5,7H,2-3H2,1H3/t5?,7-/m1/s1. The Kier molecular flexibility index (Phi) is 1.46. The average molecular weight is 154 g/mol. The summed E-state index contributed by atoms with van der Waals surface area (Å²) in [4.78, 5) is 11.0. The number of rotatable bonds is 1. The van der Waals surface area contributed by atoms with Crippen LogP contribution in [0.15, 0.2) is 11.6 Å². The van der Waals surface area contributed by atoms with E-state index in [0.29, 0.717) is 5.57 Å². The lowest BCUT2D eigenvalue weighted by Gasteiger charge is -2.07. The molecule has 0 amide bonds. The van der Waals surface area contributed by atoms with Crippen LogP contribution in [0.2, 0.25) is 0 Å². The molecule has 0 spiro atoms. The van der Waals surface area contributed by atoms with Crippen LogP contribution in [0.3, 0.4) is 0 Å². The fourth-order valence-electron chi connectivity index (χ4n) is 1.64. The molecule has 2 aliphatic rings. The van der Waals surface area contributed by atoms with Crippen LogP contribution in [-0.2, 0) is 14.3 Å². The lowest BCUT2D eigenvalue weighted by Crippen LogP contribution is -2.15. The molecular formula is C8H10O3. The number of carbonyl (C=O) groups excluding carboxylic acids is 1. The van der Waals surface area contributed by atoms with Crippen molar-refractivity contribution >= 4 is 5.97 Å². The molecule has 0 radical (unpaired) electrons. The van der Waals surface area contributed by atoms with Crippen molar-refractivity contribution in [3.05, 3.63) is 11.6 Å². The zero-order valence-electron chi connectivity index (χ0n) is 6.37. The Hall–Kier alpha value is -0.830. The summed E-state index contributed by atoms with van der Waals surface area (Å²) < 4.78 is 10.0. The van der Waals surface area contributed by atoms with Gasteiger partial charge in [0.05, 0.1) is 24.9 Å². The predicted octanol–water partition coefficient (Wildman–Crippen LogP) is 0.647. The molecule has 0 aliphatic carbocycles.